The van der Waals surface area contributed by atoms with Crippen LogP contribution >= 0.6 is 0 Å². The molecule has 0 unspecified atom stereocenters. The molecule has 0 aromatic heterocycles. The van der Waals surface area contributed by atoms with E-state index in [0.29, 0.717) is 0 Å². The minimum Gasteiger partial charge on any atom is -0.548 e. The Bertz CT molecular complexity index is 189. The van der Waals surface area contributed by atoms with E-state index in [1.807, 2.05) is 0 Å². The molecule has 0 N–H and O–H groups in total. The first-order valence-electron chi connectivity index (χ1n) is 6.06. The monoisotopic (exact) mass is 231 g/mol. The molecule has 0 aromatic rings. The second-order valence-corrected chi connectivity index (χ2v) is 4.66. The zero-order chi connectivity index (χ0) is 12.4. The molecule has 0 spiro atoms. The third-order valence-electron chi connectivity index (χ3n) is 2.96. The van der Waals surface area contributed by atoms with E-state index in [9.17, 15) is 9.90 Å². The number of rotatable bonds is 5. The van der Waals surface area contributed by atoms with Gasteiger partial charge in [0.2, 0.25) is 0 Å². The Hall–Kier alpha value is -0.610. The molecule has 1 heterocycles. The highest BCUT2D eigenvalue weighted by atomic mass is 16.5. The molecular formula is C12H25NO3. The fourth-order valence-electron chi connectivity index (χ4n) is 1.98. The second kappa shape index (κ2) is 8.53. The molecule has 0 bridgehead atoms. The van der Waals surface area contributed by atoms with Gasteiger partial charge in [-0.05, 0) is 6.42 Å². The Kier molecular flexibility index (Phi) is 8.21. The van der Waals surface area contributed by atoms with E-state index in [4.69, 9.17) is 0 Å². The summed E-state index contributed by atoms with van der Waals surface area (Å²) in [4.78, 5) is 9.36. The zero-order valence-electron chi connectivity index (χ0n) is 10.8. The van der Waals surface area contributed by atoms with Crippen molar-refractivity contribution in [3.63, 3.8) is 0 Å². The molecule has 0 saturated carbocycles. The standard InChI is InChI=1S/C9H20N.C3H6O3/c1-3-4-7-10(2)8-5-6-9-10;1-6-2-3(4)5/h3-9H2,1-2H3;2H2,1H3,(H,4,5)/q+1;/p-1. The van der Waals surface area contributed by atoms with Crippen LogP contribution in [0.15, 0.2) is 0 Å². The maximum Gasteiger partial charge on any atom is 0.0857 e. The molecule has 1 fully saturated rings. The Morgan fingerprint density at radius 2 is 1.94 bits per heavy atom. The molecule has 1 rings (SSSR count). The van der Waals surface area contributed by atoms with Crippen LogP contribution in [0.2, 0.25) is 0 Å². The van der Waals surface area contributed by atoms with Crippen LogP contribution < -0.4 is 5.11 Å². The summed E-state index contributed by atoms with van der Waals surface area (Å²) in [6, 6.07) is 0. The topological polar surface area (TPSA) is 49.4 Å². The summed E-state index contributed by atoms with van der Waals surface area (Å²) in [7, 11) is 3.71. The summed E-state index contributed by atoms with van der Waals surface area (Å²) >= 11 is 0. The van der Waals surface area contributed by atoms with Crippen molar-refractivity contribution in [2.24, 2.45) is 0 Å². The minimum absolute atomic E-state index is 0.319. The highest BCUT2D eigenvalue weighted by Gasteiger charge is 2.25. The van der Waals surface area contributed by atoms with Crippen molar-refractivity contribution in [1.82, 2.24) is 0 Å². The van der Waals surface area contributed by atoms with E-state index in [2.05, 4.69) is 18.7 Å². The van der Waals surface area contributed by atoms with E-state index < -0.39 is 5.97 Å². The van der Waals surface area contributed by atoms with Crippen LogP contribution in [0.25, 0.3) is 0 Å². The Morgan fingerprint density at radius 3 is 2.25 bits per heavy atom. The van der Waals surface area contributed by atoms with Gasteiger partial charge in [0.15, 0.2) is 0 Å². The molecule has 4 nitrogen and oxygen atoms in total. The number of methoxy groups -OCH3 is 1. The van der Waals surface area contributed by atoms with E-state index in [1.54, 1.807) is 0 Å². The lowest BCUT2D eigenvalue weighted by Crippen LogP contribution is -2.41. The maximum atomic E-state index is 9.36. The molecule has 0 atom stereocenters. The molecule has 0 amide bonds. The number of hydrogen-bond acceptors (Lipinski definition) is 3. The first-order valence-corrected chi connectivity index (χ1v) is 6.06. The highest BCUT2D eigenvalue weighted by Crippen LogP contribution is 2.16. The average Bonchev–Trinajstić information content (AvgIpc) is 2.64. The molecule has 0 aromatic carbocycles. The largest absolute Gasteiger partial charge is 0.548 e. The molecule has 1 aliphatic heterocycles. The van der Waals surface area contributed by atoms with E-state index in [1.165, 1.54) is 56.9 Å². The van der Waals surface area contributed by atoms with Gasteiger partial charge in [0, 0.05) is 20.0 Å². The van der Waals surface area contributed by atoms with Crippen LogP contribution in [0.3, 0.4) is 0 Å². The number of quaternary nitrogens is 1. The summed E-state index contributed by atoms with van der Waals surface area (Å²) in [5, 5.41) is 9.36. The molecular weight excluding hydrogens is 206 g/mol. The summed E-state index contributed by atoms with van der Waals surface area (Å²) in [6.45, 7) is 6.23. The number of carbonyl (C=O) groups is 1. The molecule has 4 heteroatoms. The molecule has 96 valence electrons. The van der Waals surface area contributed by atoms with Gasteiger partial charge in [0.25, 0.3) is 0 Å². The summed E-state index contributed by atoms with van der Waals surface area (Å²) in [6.07, 6.45) is 5.69. The van der Waals surface area contributed by atoms with E-state index in [-0.39, 0.29) is 6.61 Å². The van der Waals surface area contributed by atoms with Gasteiger partial charge in [-0.1, -0.05) is 13.3 Å². The number of carboxylic acids is 1. The fourth-order valence-corrected chi connectivity index (χ4v) is 1.98. The number of aliphatic carboxylic acids is 1. The van der Waals surface area contributed by atoms with Crippen molar-refractivity contribution >= 4 is 5.97 Å². The smallest absolute Gasteiger partial charge is 0.0857 e. The third-order valence-corrected chi connectivity index (χ3v) is 2.96. The second-order valence-electron chi connectivity index (χ2n) is 4.66. The number of carbonyl (C=O) groups excluding carboxylic acids is 1. The zero-order valence-corrected chi connectivity index (χ0v) is 10.8. The van der Waals surface area contributed by atoms with Crippen molar-refractivity contribution in [3.05, 3.63) is 0 Å². The predicted molar refractivity (Wildman–Crippen MR) is 61.8 cm³/mol. The predicted octanol–water partition coefficient (Wildman–Crippen LogP) is 0.410. The van der Waals surface area contributed by atoms with E-state index in [0.717, 1.165) is 0 Å². The van der Waals surface area contributed by atoms with Gasteiger partial charge in [0.05, 0.1) is 39.3 Å². The highest BCUT2D eigenvalue weighted by molar-refractivity contribution is 5.65. The van der Waals surface area contributed by atoms with Crippen molar-refractivity contribution in [2.45, 2.75) is 32.6 Å². The van der Waals surface area contributed by atoms with Gasteiger partial charge in [-0.2, -0.15) is 0 Å². The van der Waals surface area contributed by atoms with Crippen molar-refractivity contribution in [1.29, 1.82) is 0 Å². The van der Waals surface area contributed by atoms with Crippen LogP contribution in [0.5, 0.6) is 0 Å². The molecule has 1 aliphatic rings. The van der Waals surface area contributed by atoms with Gasteiger partial charge in [-0.3, -0.25) is 0 Å². The number of carboxylic acid groups (broad SMARTS) is 1. The number of ether oxygens (including phenoxy) is 1. The van der Waals surface area contributed by atoms with Gasteiger partial charge < -0.3 is 19.1 Å². The van der Waals surface area contributed by atoms with Crippen molar-refractivity contribution in [3.8, 4) is 0 Å². The van der Waals surface area contributed by atoms with Gasteiger partial charge in [-0.25, -0.2) is 0 Å². The molecule has 16 heavy (non-hydrogen) atoms. The van der Waals surface area contributed by atoms with Crippen LogP contribution in [0, 0.1) is 0 Å². The summed E-state index contributed by atoms with van der Waals surface area (Å²) in [5.41, 5.74) is 0. The number of likely N-dealkylation sites (tertiary alicyclic amines) is 1. The Labute approximate surface area is 98.8 Å². The minimum atomic E-state index is -1.18. The van der Waals surface area contributed by atoms with Crippen molar-refractivity contribution < 1.29 is 19.1 Å². The molecule has 0 aliphatic carbocycles. The van der Waals surface area contributed by atoms with Gasteiger partial charge in [-0.15, -0.1) is 0 Å². The normalized spacial score (nSPS) is 17.7. The van der Waals surface area contributed by atoms with Crippen LogP contribution in [0.1, 0.15) is 32.6 Å². The van der Waals surface area contributed by atoms with Crippen LogP contribution in [-0.4, -0.2) is 50.9 Å². The Morgan fingerprint density at radius 1 is 1.38 bits per heavy atom. The lowest BCUT2D eigenvalue weighted by atomic mass is 10.3. The average molecular weight is 231 g/mol. The number of unbranched alkanes of at least 4 members (excludes halogenated alkanes) is 1. The lowest BCUT2D eigenvalue weighted by Gasteiger charge is -2.28. The first kappa shape index (κ1) is 15.4. The van der Waals surface area contributed by atoms with E-state index >= 15 is 0 Å². The molecule has 1 saturated heterocycles. The summed E-state index contributed by atoms with van der Waals surface area (Å²) < 4.78 is 5.50. The first-order chi connectivity index (χ1) is 7.54. The molecule has 0 radical (unpaired) electrons. The van der Waals surface area contributed by atoms with Crippen LogP contribution in [0.4, 0.5) is 0 Å². The number of hydrogen-bond donors (Lipinski definition) is 0. The van der Waals surface area contributed by atoms with Gasteiger partial charge in [0.1, 0.15) is 0 Å². The maximum absolute atomic E-state index is 9.36. The quantitative estimate of drug-likeness (QED) is 0.644. The van der Waals surface area contributed by atoms with Crippen LogP contribution in [-0.2, 0) is 9.53 Å². The Balaban J connectivity index is 0.000000325. The van der Waals surface area contributed by atoms with Crippen molar-refractivity contribution in [2.75, 3.05) is 40.4 Å². The summed E-state index contributed by atoms with van der Waals surface area (Å²) in [5.74, 6) is -1.18. The fraction of sp³-hybridized carbons (Fsp3) is 0.917. The third kappa shape index (κ3) is 7.65. The number of nitrogens with zero attached hydrogens (tertiary/aromatic N) is 1. The lowest BCUT2D eigenvalue weighted by molar-refractivity contribution is -0.897. The SMILES string of the molecule is CCCC[N+]1(C)CCCC1.COCC(=O)[O-]. The van der Waals surface area contributed by atoms with Gasteiger partial charge >= 0.3 is 0 Å².